The summed E-state index contributed by atoms with van der Waals surface area (Å²) in [5.74, 6) is 1.15. The minimum atomic E-state index is -0.421. The maximum absolute atomic E-state index is 12.3. The highest BCUT2D eigenvalue weighted by Crippen LogP contribution is 2.29. The van der Waals surface area contributed by atoms with Crippen LogP contribution in [0.5, 0.6) is 11.5 Å². The van der Waals surface area contributed by atoms with Gasteiger partial charge in [0.2, 0.25) is 0 Å². The summed E-state index contributed by atoms with van der Waals surface area (Å²) in [6, 6.07) is 22.9. The molecule has 0 saturated carbocycles. The van der Waals surface area contributed by atoms with Crippen LogP contribution in [0.3, 0.4) is 0 Å². The molecule has 2 N–H and O–H groups in total. The second-order valence-electron chi connectivity index (χ2n) is 5.63. The Bertz CT molecular complexity index is 923. The van der Waals surface area contributed by atoms with Crippen molar-refractivity contribution in [3.05, 3.63) is 84.4 Å². The maximum atomic E-state index is 12.3. The lowest BCUT2D eigenvalue weighted by atomic mass is 10.1. The number of carbonyl (C=O) groups is 2. The number of amides is 2. The van der Waals surface area contributed by atoms with E-state index in [1.807, 2.05) is 42.5 Å². The van der Waals surface area contributed by atoms with Crippen molar-refractivity contribution in [2.45, 2.75) is 6.92 Å². The first-order valence-corrected chi connectivity index (χ1v) is 8.13. The van der Waals surface area contributed by atoms with Gasteiger partial charge in [-0.25, -0.2) is 4.79 Å². The molecule has 3 rings (SSSR count). The predicted molar refractivity (Wildman–Crippen MR) is 102 cm³/mol. The topological polar surface area (TPSA) is 67.4 Å². The molecule has 0 unspecified atom stereocenters. The molecule has 5 nitrogen and oxygen atoms in total. The molecule has 0 fully saturated rings. The molecule has 5 heteroatoms. The first-order chi connectivity index (χ1) is 12.6. The number of hydrogen-bond acceptors (Lipinski definition) is 3. The highest BCUT2D eigenvalue weighted by Gasteiger charge is 2.09. The molecule has 130 valence electrons. The quantitative estimate of drug-likeness (QED) is 0.614. The van der Waals surface area contributed by atoms with Gasteiger partial charge < -0.3 is 15.4 Å². The Morgan fingerprint density at radius 2 is 1.54 bits per heavy atom. The fraction of sp³-hybridized carbons (Fsp3) is 0.0476. The summed E-state index contributed by atoms with van der Waals surface area (Å²) in [6.07, 6.45) is 0. The van der Waals surface area contributed by atoms with Crippen molar-refractivity contribution in [3.63, 3.8) is 0 Å². The van der Waals surface area contributed by atoms with Crippen LogP contribution in [0.1, 0.15) is 17.3 Å². The van der Waals surface area contributed by atoms with Crippen LogP contribution < -0.4 is 15.4 Å². The lowest BCUT2D eigenvalue weighted by Crippen LogP contribution is -2.19. The van der Waals surface area contributed by atoms with Gasteiger partial charge in [0.25, 0.3) is 0 Å². The Labute approximate surface area is 151 Å². The summed E-state index contributed by atoms with van der Waals surface area (Å²) in [7, 11) is 0. The van der Waals surface area contributed by atoms with E-state index in [1.165, 1.54) is 6.92 Å². The molecule has 0 aliphatic heterocycles. The standard InChI is InChI=1S/C21H18N2O3/c1-15(24)16-8-7-9-17(14-16)22-21(25)23-19-12-5-6-13-20(19)26-18-10-3-2-4-11-18/h2-14H,1H3,(H2,22,23,25). The van der Waals surface area contributed by atoms with Crippen molar-refractivity contribution in [3.8, 4) is 11.5 Å². The molecule has 0 aromatic heterocycles. The average Bonchev–Trinajstić information content (AvgIpc) is 2.64. The average molecular weight is 346 g/mol. The van der Waals surface area contributed by atoms with E-state index in [-0.39, 0.29) is 5.78 Å². The summed E-state index contributed by atoms with van der Waals surface area (Å²) >= 11 is 0. The Morgan fingerprint density at radius 3 is 2.31 bits per heavy atom. The molecule has 0 aliphatic rings. The second kappa shape index (κ2) is 7.98. The van der Waals surface area contributed by atoms with Gasteiger partial charge in [-0.15, -0.1) is 0 Å². The van der Waals surface area contributed by atoms with E-state index in [9.17, 15) is 9.59 Å². The minimum absolute atomic E-state index is 0.0596. The molecular weight excluding hydrogens is 328 g/mol. The van der Waals surface area contributed by atoms with Gasteiger partial charge in [0.1, 0.15) is 5.75 Å². The Morgan fingerprint density at radius 1 is 0.808 bits per heavy atom. The van der Waals surface area contributed by atoms with Gasteiger partial charge >= 0.3 is 6.03 Å². The van der Waals surface area contributed by atoms with Crippen LogP contribution in [0.25, 0.3) is 0 Å². The zero-order chi connectivity index (χ0) is 18.4. The lowest BCUT2D eigenvalue weighted by molar-refractivity contribution is 0.101. The maximum Gasteiger partial charge on any atom is 0.323 e. The van der Waals surface area contributed by atoms with E-state index in [0.29, 0.717) is 28.4 Å². The number of nitrogens with one attached hydrogen (secondary N) is 2. The van der Waals surface area contributed by atoms with Crippen LogP contribution >= 0.6 is 0 Å². The Balaban J connectivity index is 1.72. The van der Waals surface area contributed by atoms with Crippen LogP contribution in [0, 0.1) is 0 Å². The van der Waals surface area contributed by atoms with Crippen LogP contribution in [0.15, 0.2) is 78.9 Å². The van der Waals surface area contributed by atoms with E-state index < -0.39 is 6.03 Å². The first-order valence-electron chi connectivity index (χ1n) is 8.13. The van der Waals surface area contributed by atoms with Gasteiger partial charge in [0.05, 0.1) is 5.69 Å². The number of carbonyl (C=O) groups excluding carboxylic acids is 2. The summed E-state index contributed by atoms with van der Waals surface area (Å²) in [4.78, 5) is 23.8. The number of anilines is 2. The largest absolute Gasteiger partial charge is 0.455 e. The van der Waals surface area contributed by atoms with E-state index in [1.54, 1.807) is 36.4 Å². The number of Topliss-reactive ketones (excluding diaryl/α,β-unsaturated/α-hetero) is 1. The molecular formula is C21H18N2O3. The molecule has 0 bridgehead atoms. The molecule has 0 heterocycles. The van der Waals surface area contributed by atoms with Crippen molar-refractivity contribution in [2.24, 2.45) is 0 Å². The van der Waals surface area contributed by atoms with Gasteiger partial charge in [-0.1, -0.05) is 42.5 Å². The third kappa shape index (κ3) is 4.48. The number of ketones is 1. The molecule has 0 saturated heterocycles. The van der Waals surface area contributed by atoms with Gasteiger partial charge in [0, 0.05) is 11.3 Å². The minimum Gasteiger partial charge on any atom is -0.455 e. The van der Waals surface area contributed by atoms with Gasteiger partial charge in [0.15, 0.2) is 11.5 Å². The van der Waals surface area contributed by atoms with Crippen LogP contribution in [-0.2, 0) is 0 Å². The zero-order valence-electron chi connectivity index (χ0n) is 14.2. The van der Waals surface area contributed by atoms with Gasteiger partial charge in [-0.3, -0.25) is 4.79 Å². The van der Waals surface area contributed by atoms with E-state index in [2.05, 4.69) is 10.6 Å². The van der Waals surface area contributed by atoms with E-state index in [4.69, 9.17) is 4.74 Å². The highest BCUT2D eigenvalue weighted by molar-refractivity contribution is 6.02. The number of para-hydroxylation sites is 3. The molecule has 0 radical (unpaired) electrons. The highest BCUT2D eigenvalue weighted by atomic mass is 16.5. The SMILES string of the molecule is CC(=O)c1cccc(NC(=O)Nc2ccccc2Oc2ccccc2)c1. The van der Waals surface area contributed by atoms with Crippen molar-refractivity contribution in [2.75, 3.05) is 10.6 Å². The molecule has 0 atom stereocenters. The third-order valence-corrected chi connectivity index (χ3v) is 3.63. The molecule has 2 amide bonds. The number of ether oxygens (including phenoxy) is 1. The van der Waals surface area contributed by atoms with Gasteiger partial charge in [-0.05, 0) is 43.3 Å². The smallest absolute Gasteiger partial charge is 0.323 e. The summed E-state index contributed by atoms with van der Waals surface area (Å²) in [6.45, 7) is 1.48. The molecule has 3 aromatic rings. The number of benzene rings is 3. The summed E-state index contributed by atoms with van der Waals surface area (Å²) in [5.41, 5.74) is 1.61. The van der Waals surface area contributed by atoms with Crippen molar-refractivity contribution in [1.82, 2.24) is 0 Å². The molecule has 26 heavy (non-hydrogen) atoms. The van der Waals surface area contributed by atoms with Crippen LogP contribution in [-0.4, -0.2) is 11.8 Å². The van der Waals surface area contributed by atoms with Crippen LogP contribution in [0.2, 0.25) is 0 Å². The van der Waals surface area contributed by atoms with Crippen LogP contribution in [0.4, 0.5) is 16.2 Å². The van der Waals surface area contributed by atoms with Crippen molar-refractivity contribution >= 4 is 23.2 Å². The van der Waals surface area contributed by atoms with Crippen molar-refractivity contribution in [1.29, 1.82) is 0 Å². The lowest BCUT2D eigenvalue weighted by Gasteiger charge is -2.13. The van der Waals surface area contributed by atoms with E-state index >= 15 is 0 Å². The molecule has 3 aromatic carbocycles. The second-order valence-corrected chi connectivity index (χ2v) is 5.63. The zero-order valence-corrected chi connectivity index (χ0v) is 14.2. The Kier molecular flexibility index (Phi) is 5.29. The summed E-state index contributed by atoms with van der Waals surface area (Å²) in [5, 5.41) is 5.49. The number of hydrogen-bond donors (Lipinski definition) is 2. The fourth-order valence-electron chi connectivity index (χ4n) is 2.38. The molecule has 0 spiro atoms. The fourth-order valence-corrected chi connectivity index (χ4v) is 2.38. The third-order valence-electron chi connectivity index (χ3n) is 3.63. The van der Waals surface area contributed by atoms with Crippen molar-refractivity contribution < 1.29 is 14.3 Å². The normalized spacial score (nSPS) is 10.0. The monoisotopic (exact) mass is 346 g/mol. The predicted octanol–water partition coefficient (Wildman–Crippen LogP) is 5.33. The summed E-state index contributed by atoms with van der Waals surface area (Å²) < 4.78 is 5.82. The Hall–Kier alpha value is -3.60. The number of rotatable bonds is 5. The van der Waals surface area contributed by atoms with E-state index in [0.717, 1.165) is 0 Å². The van der Waals surface area contributed by atoms with Gasteiger partial charge in [-0.2, -0.15) is 0 Å². The molecule has 0 aliphatic carbocycles. The first kappa shape index (κ1) is 17.2. The number of urea groups is 1.